The number of aromatic nitrogens is 2. The Hall–Kier alpha value is -1.40. The van der Waals surface area contributed by atoms with Crippen LogP contribution in [0.4, 0.5) is 5.82 Å². The maximum Gasteiger partial charge on any atom is 0.293 e. The summed E-state index contributed by atoms with van der Waals surface area (Å²) in [7, 11) is 0. The molecule has 1 aliphatic heterocycles. The highest BCUT2D eigenvalue weighted by Crippen LogP contribution is 2.20. The van der Waals surface area contributed by atoms with Gasteiger partial charge in [-0.05, 0) is 19.3 Å². The predicted molar refractivity (Wildman–Crippen MR) is 81.8 cm³/mol. The van der Waals surface area contributed by atoms with Crippen molar-refractivity contribution in [2.75, 3.05) is 31.2 Å². The molecule has 0 radical (unpaired) electrons. The number of nitrogens with one attached hydrogen (secondary N) is 1. The van der Waals surface area contributed by atoms with Crippen LogP contribution >= 0.6 is 0 Å². The molecule has 2 fully saturated rings. The number of morpholine rings is 1. The van der Waals surface area contributed by atoms with Gasteiger partial charge in [-0.15, -0.1) is 0 Å². The standard InChI is InChI=1S/C15H24N4O2/c1-2-6-18-7-5-16-14(15(18)20)19-8-9-21-11-13(19)10-17-12-3-4-12/h5,7,12-13,17H,2-4,6,8-11H2,1H3. The average Bonchev–Trinajstić information content (AvgIpc) is 3.32. The van der Waals surface area contributed by atoms with Gasteiger partial charge in [-0.3, -0.25) is 4.79 Å². The molecule has 2 heterocycles. The van der Waals surface area contributed by atoms with Gasteiger partial charge in [-0.25, -0.2) is 4.98 Å². The highest BCUT2D eigenvalue weighted by atomic mass is 16.5. The van der Waals surface area contributed by atoms with E-state index in [4.69, 9.17) is 4.74 Å². The number of anilines is 1. The minimum atomic E-state index is 0.0117. The van der Waals surface area contributed by atoms with Crippen molar-refractivity contribution in [3.8, 4) is 0 Å². The first-order valence-corrected chi connectivity index (χ1v) is 7.93. The van der Waals surface area contributed by atoms with Gasteiger partial charge < -0.3 is 19.5 Å². The first kappa shape index (κ1) is 14.5. The summed E-state index contributed by atoms with van der Waals surface area (Å²) < 4.78 is 7.34. The summed E-state index contributed by atoms with van der Waals surface area (Å²) in [5, 5.41) is 3.53. The summed E-state index contributed by atoms with van der Waals surface area (Å²) in [5.74, 6) is 0.567. The van der Waals surface area contributed by atoms with E-state index in [9.17, 15) is 4.79 Å². The molecular weight excluding hydrogens is 268 g/mol. The fraction of sp³-hybridized carbons (Fsp3) is 0.733. The monoisotopic (exact) mass is 292 g/mol. The van der Waals surface area contributed by atoms with Crippen molar-refractivity contribution < 1.29 is 4.74 Å². The second kappa shape index (κ2) is 6.58. The lowest BCUT2D eigenvalue weighted by atomic mass is 10.2. The van der Waals surface area contributed by atoms with E-state index in [1.54, 1.807) is 17.0 Å². The SMILES string of the molecule is CCCn1ccnc(N2CCOCC2CNC2CC2)c1=O. The molecule has 0 spiro atoms. The Balaban J connectivity index is 1.78. The number of nitrogens with zero attached hydrogens (tertiary/aromatic N) is 3. The van der Waals surface area contributed by atoms with Crippen molar-refractivity contribution in [3.63, 3.8) is 0 Å². The maximum atomic E-state index is 12.6. The molecule has 1 saturated carbocycles. The Morgan fingerprint density at radius 2 is 2.33 bits per heavy atom. The Labute approximate surface area is 125 Å². The van der Waals surface area contributed by atoms with Crippen LogP contribution in [0, 0.1) is 0 Å². The van der Waals surface area contributed by atoms with Crippen LogP contribution in [0.1, 0.15) is 26.2 Å². The van der Waals surface area contributed by atoms with Crippen molar-refractivity contribution >= 4 is 5.82 Å². The van der Waals surface area contributed by atoms with E-state index in [1.165, 1.54) is 12.8 Å². The smallest absolute Gasteiger partial charge is 0.293 e. The zero-order valence-corrected chi connectivity index (χ0v) is 12.6. The quantitative estimate of drug-likeness (QED) is 0.832. The van der Waals surface area contributed by atoms with Gasteiger partial charge in [0.1, 0.15) is 0 Å². The molecule has 116 valence electrons. The molecule has 6 nitrogen and oxygen atoms in total. The van der Waals surface area contributed by atoms with Gasteiger partial charge in [0.05, 0.1) is 19.3 Å². The third-order valence-electron chi connectivity index (χ3n) is 4.08. The molecule has 2 aliphatic rings. The highest BCUT2D eigenvalue weighted by molar-refractivity contribution is 5.38. The first-order chi connectivity index (χ1) is 10.3. The molecule has 1 aromatic rings. The molecule has 1 aliphatic carbocycles. The van der Waals surface area contributed by atoms with E-state index in [-0.39, 0.29) is 11.6 Å². The van der Waals surface area contributed by atoms with Crippen LogP contribution in [0.5, 0.6) is 0 Å². The van der Waals surface area contributed by atoms with Gasteiger partial charge in [0.15, 0.2) is 5.82 Å². The lowest BCUT2D eigenvalue weighted by molar-refractivity contribution is 0.0930. The van der Waals surface area contributed by atoms with Crippen molar-refractivity contribution in [3.05, 3.63) is 22.7 Å². The molecular formula is C15H24N4O2. The van der Waals surface area contributed by atoms with Crippen LogP contribution in [0.3, 0.4) is 0 Å². The fourth-order valence-corrected chi connectivity index (χ4v) is 2.74. The maximum absolute atomic E-state index is 12.6. The summed E-state index contributed by atoms with van der Waals surface area (Å²) in [6.45, 7) is 5.71. The van der Waals surface area contributed by atoms with Gasteiger partial charge in [0.25, 0.3) is 5.56 Å². The lowest BCUT2D eigenvalue weighted by Gasteiger charge is -2.36. The number of hydrogen-bond acceptors (Lipinski definition) is 5. The summed E-state index contributed by atoms with van der Waals surface area (Å²) >= 11 is 0. The third kappa shape index (κ3) is 3.44. The summed E-state index contributed by atoms with van der Waals surface area (Å²) in [6, 6.07) is 0.853. The summed E-state index contributed by atoms with van der Waals surface area (Å²) in [6.07, 6.45) is 6.97. The molecule has 6 heteroatoms. The number of ether oxygens (including phenoxy) is 1. The van der Waals surface area contributed by atoms with Gasteiger partial charge in [0, 0.05) is 38.1 Å². The Kier molecular flexibility index (Phi) is 4.55. The summed E-state index contributed by atoms with van der Waals surface area (Å²) in [5.41, 5.74) is 0.0117. The Bertz CT molecular complexity index is 527. The van der Waals surface area contributed by atoms with Crippen LogP contribution in [0.15, 0.2) is 17.2 Å². The molecule has 1 N–H and O–H groups in total. The molecule has 1 atom stereocenters. The second-order valence-corrected chi connectivity index (χ2v) is 5.85. The molecule has 21 heavy (non-hydrogen) atoms. The first-order valence-electron chi connectivity index (χ1n) is 7.93. The zero-order valence-electron chi connectivity index (χ0n) is 12.6. The molecule has 1 aromatic heterocycles. The Morgan fingerprint density at radius 3 is 3.10 bits per heavy atom. The number of rotatable bonds is 6. The number of hydrogen-bond donors (Lipinski definition) is 1. The zero-order chi connectivity index (χ0) is 14.7. The third-order valence-corrected chi connectivity index (χ3v) is 4.08. The van der Waals surface area contributed by atoms with E-state index >= 15 is 0 Å². The largest absolute Gasteiger partial charge is 0.377 e. The molecule has 1 saturated heterocycles. The fourth-order valence-electron chi connectivity index (χ4n) is 2.74. The van der Waals surface area contributed by atoms with E-state index in [2.05, 4.69) is 22.1 Å². The van der Waals surface area contributed by atoms with Gasteiger partial charge >= 0.3 is 0 Å². The minimum Gasteiger partial charge on any atom is -0.377 e. The van der Waals surface area contributed by atoms with Gasteiger partial charge in [-0.2, -0.15) is 0 Å². The molecule has 1 unspecified atom stereocenters. The van der Waals surface area contributed by atoms with E-state index in [1.807, 2.05) is 0 Å². The summed E-state index contributed by atoms with van der Waals surface area (Å²) in [4.78, 5) is 19.0. The minimum absolute atomic E-state index is 0.0117. The van der Waals surface area contributed by atoms with Crippen LogP contribution < -0.4 is 15.8 Å². The predicted octanol–water partition coefficient (Wildman–Crippen LogP) is 0.611. The van der Waals surface area contributed by atoms with E-state index < -0.39 is 0 Å². The van der Waals surface area contributed by atoms with Crippen molar-refractivity contribution in [2.24, 2.45) is 0 Å². The van der Waals surface area contributed by atoms with E-state index in [0.29, 0.717) is 25.1 Å². The molecule has 3 rings (SSSR count). The molecule has 0 aromatic carbocycles. The van der Waals surface area contributed by atoms with Crippen molar-refractivity contribution in [1.29, 1.82) is 0 Å². The van der Waals surface area contributed by atoms with Crippen LogP contribution in [0.2, 0.25) is 0 Å². The lowest BCUT2D eigenvalue weighted by Crippen LogP contribution is -2.53. The van der Waals surface area contributed by atoms with E-state index in [0.717, 1.165) is 26.1 Å². The van der Waals surface area contributed by atoms with Gasteiger partial charge in [0.2, 0.25) is 0 Å². The Morgan fingerprint density at radius 1 is 1.48 bits per heavy atom. The van der Waals surface area contributed by atoms with Crippen molar-refractivity contribution in [2.45, 2.75) is 44.8 Å². The van der Waals surface area contributed by atoms with Crippen LogP contribution in [-0.4, -0.2) is 47.9 Å². The number of aryl methyl sites for hydroxylation is 1. The topological polar surface area (TPSA) is 59.4 Å². The normalized spacial score (nSPS) is 22.5. The molecule has 0 bridgehead atoms. The second-order valence-electron chi connectivity index (χ2n) is 5.85. The van der Waals surface area contributed by atoms with Crippen LogP contribution in [0.25, 0.3) is 0 Å². The highest BCUT2D eigenvalue weighted by Gasteiger charge is 2.29. The van der Waals surface area contributed by atoms with Gasteiger partial charge in [-0.1, -0.05) is 6.92 Å². The van der Waals surface area contributed by atoms with Crippen molar-refractivity contribution in [1.82, 2.24) is 14.9 Å². The average molecular weight is 292 g/mol. The van der Waals surface area contributed by atoms with Crippen LogP contribution in [-0.2, 0) is 11.3 Å². The molecule has 0 amide bonds.